The van der Waals surface area contributed by atoms with Gasteiger partial charge >= 0.3 is 6.09 Å². The molecule has 0 saturated heterocycles. The Morgan fingerprint density at radius 3 is 1.53 bits per heavy atom. The monoisotopic (exact) mass is 763 g/mol. The minimum Gasteiger partial charge on any atom is -0.491 e. The summed E-state index contributed by atoms with van der Waals surface area (Å²) in [5.74, 6) is 0.926. The van der Waals surface area contributed by atoms with Gasteiger partial charge in [0.05, 0.1) is 79.3 Å². The Labute approximate surface area is 329 Å². The van der Waals surface area contributed by atoms with Crippen molar-refractivity contribution in [2.75, 3.05) is 106 Å². The molecule has 0 aromatic heterocycles. The van der Waals surface area contributed by atoms with E-state index in [0.29, 0.717) is 99.0 Å². The van der Waals surface area contributed by atoms with Crippen LogP contribution in [0.15, 0.2) is 72.8 Å². The number of hydrogen-bond acceptors (Lipinski definition) is 9. The molecule has 4 rings (SSSR count). The first-order chi connectivity index (χ1) is 27.2. The predicted octanol–water partition coefficient (Wildman–Crippen LogP) is 8.34. The second kappa shape index (κ2) is 28.0. The lowest BCUT2D eigenvalue weighted by molar-refractivity contribution is -0.0183. The summed E-state index contributed by atoms with van der Waals surface area (Å²) in [7, 11) is 1.72. The Morgan fingerprint density at radius 1 is 0.545 bits per heavy atom. The first-order valence-corrected chi connectivity index (χ1v) is 20.4. The van der Waals surface area contributed by atoms with Gasteiger partial charge in [0.25, 0.3) is 0 Å². The van der Waals surface area contributed by atoms with Crippen molar-refractivity contribution >= 4 is 6.09 Å². The van der Waals surface area contributed by atoms with Gasteiger partial charge in [0.15, 0.2) is 0 Å². The quantitative estimate of drug-likeness (QED) is 0.0582. The van der Waals surface area contributed by atoms with Crippen molar-refractivity contribution in [3.8, 4) is 16.9 Å². The molecule has 0 aliphatic heterocycles. The highest BCUT2D eigenvalue weighted by atomic mass is 16.6. The molecule has 0 bridgehead atoms. The van der Waals surface area contributed by atoms with Crippen molar-refractivity contribution in [1.29, 1.82) is 0 Å². The van der Waals surface area contributed by atoms with Crippen LogP contribution in [-0.2, 0) is 39.6 Å². The normalized spacial score (nSPS) is 12.1. The summed E-state index contributed by atoms with van der Waals surface area (Å²) >= 11 is 0. The first-order valence-electron chi connectivity index (χ1n) is 20.4. The Morgan fingerprint density at radius 2 is 1.00 bits per heavy atom. The van der Waals surface area contributed by atoms with Crippen LogP contribution in [0.1, 0.15) is 74.5 Å². The topological polar surface area (TPSA) is 94.2 Å². The summed E-state index contributed by atoms with van der Waals surface area (Å²) in [6.45, 7) is 9.34. The van der Waals surface area contributed by atoms with Gasteiger partial charge in [-0.05, 0) is 52.8 Å². The third-order valence-corrected chi connectivity index (χ3v) is 9.57. The number of benzene rings is 3. The molecule has 3 aromatic rings. The second-order valence-corrected chi connectivity index (χ2v) is 13.8. The van der Waals surface area contributed by atoms with Crippen LogP contribution in [-0.4, -0.2) is 117 Å². The minimum atomic E-state index is -0.358. The maximum absolute atomic E-state index is 12.6. The lowest BCUT2D eigenvalue weighted by Crippen LogP contribution is -2.32. The minimum absolute atomic E-state index is 0.0431. The Hall–Kier alpha value is -3.51. The van der Waals surface area contributed by atoms with E-state index in [-0.39, 0.29) is 12.0 Å². The zero-order chi connectivity index (χ0) is 38.6. The van der Waals surface area contributed by atoms with Gasteiger partial charge in [-0.1, -0.05) is 106 Å². The summed E-state index contributed by atoms with van der Waals surface area (Å²) < 4.78 is 45.0. The average Bonchev–Trinajstić information content (AvgIpc) is 3.53. The highest BCUT2D eigenvalue weighted by molar-refractivity contribution is 5.79. The molecule has 0 heterocycles. The maximum atomic E-state index is 12.6. The van der Waals surface area contributed by atoms with E-state index in [0.717, 1.165) is 12.2 Å². The maximum Gasteiger partial charge on any atom is 0.409 e. The van der Waals surface area contributed by atoms with Gasteiger partial charge in [-0.15, -0.1) is 0 Å². The number of nitrogens with zero attached hydrogens (tertiary/aromatic N) is 1. The lowest BCUT2D eigenvalue weighted by Gasteiger charge is -2.19. The summed E-state index contributed by atoms with van der Waals surface area (Å²) in [5, 5.41) is 0. The lowest BCUT2D eigenvalue weighted by atomic mass is 9.98. The zero-order valence-corrected chi connectivity index (χ0v) is 33.4. The molecule has 0 N–H and O–H groups in total. The summed E-state index contributed by atoms with van der Waals surface area (Å²) in [4.78, 5) is 14.2. The first kappa shape index (κ1) is 44.2. The van der Waals surface area contributed by atoms with E-state index in [1.54, 1.807) is 11.9 Å². The van der Waals surface area contributed by atoms with E-state index in [4.69, 9.17) is 37.9 Å². The van der Waals surface area contributed by atoms with Gasteiger partial charge < -0.3 is 42.8 Å². The molecule has 1 aliphatic rings. The van der Waals surface area contributed by atoms with E-state index < -0.39 is 0 Å². The number of amides is 1. The Bertz CT molecular complexity index is 1390. The number of ether oxygens (including phenoxy) is 8. The number of aryl methyl sites for hydroxylation is 1. The molecule has 10 nitrogen and oxygen atoms in total. The van der Waals surface area contributed by atoms with Crippen molar-refractivity contribution in [3.63, 3.8) is 0 Å². The van der Waals surface area contributed by atoms with Crippen LogP contribution < -0.4 is 4.74 Å². The highest BCUT2D eigenvalue weighted by Gasteiger charge is 2.29. The summed E-state index contributed by atoms with van der Waals surface area (Å²) in [6.07, 6.45) is 10.1. The van der Waals surface area contributed by atoms with E-state index in [9.17, 15) is 4.79 Å². The van der Waals surface area contributed by atoms with Crippen molar-refractivity contribution in [1.82, 2.24) is 4.90 Å². The van der Waals surface area contributed by atoms with Crippen LogP contribution in [0.25, 0.3) is 11.1 Å². The number of fused-ring (bicyclic) bond motifs is 3. The standard InChI is InChI=1S/C45H65NO9/c1-3-4-5-6-7-8-9-14-38-19-21-39(22-20-38)54-36-35-53-34-33-52-32-31-51-30-29-50-28-27-49-26-25-48-24-23-46(2)45(47)55-37-44-42-17-12-10-15-40(42)41-16-11-13-18-43(41)44/h10-13,15-22,44H,3-9,14,23-37H2,1-2H3. The van der Waals surface area contributed by atoms with Crippen LogP contribution >= 0.6 is 0 Å². The van der Waals surface area contributed by atoms with Crippen LogP contribution in [0.5, 0.6) is 5.75 Å². The molecule has 304 valence electrons. The number of carbonyl (C=O) groups is 1. The molecule has 10 heteroatoms. The molecule has 55 heavy (non-hydrogen) atoms. The van der Waals surface area contributed by atoms with Gasteiger partial charge in [-0.25, -0.2) is 4.79 Å². The smallest absolute Gasteiger partial charge is 0.409 e. The fraction of sp³-hybridized carbons (Fsp3) is 0.578. The van der Waals surface area contributed by atoms with Gasteiger partial charge in [0.1, 0.15) is 19.0 Å². The molecule has 0 spiro atoms. The molecule has 0 radical (unpaired) electrons. The summed E-state index contributed by atoms with van der Waals surface area (Å²) in [5.41, 5.74) is 6.19. The molecule has 1 amide bonds. The van der Waals surface area contributed by atoms with Gasteiger partial charge in [0, 0.05) is 19.5 Å². The van der Waals surface area contributed by atoms with E-state index in [1.807, 2.05) is 24.3 Å². The Balaban J connectivity index is 0.849. The SMILES string of the molecule is CCCCCCCCCc1ccc(OCCOCCOCCOCCOCCOCCOCCN(C)C(=O)OCC2c3ccccc3-c3ccccc32)cc1. The number of likely N-dealkylation sites (N-methyl/N-ethyl adjacent to an activating group) is 1. The predicted molar refractivity (Wildman–Crippen MR) is 216 cm³/mol. The van der Waals surface area contributed by atoms with Crippen molar-refractivity contribution in [2.45, 2.75) is 64.2 Å². The average molecular weight is 764 g/mol. The van der Waals surface area contributed by atoms with Gasteiger partial charge in [-0.3, -0.25) is 0 Å². The van der Waals surface area contributed by atoms with Crippen molar-refractivity contribution < 1.29 is 42.7 Å². The molecular formula is C45H65NO9. The number of rotatable bonds is 32. The third-order valence-electron chi connectivity index (χ3n) is 9.57. The number of carbonyl (C=O) groups excluding carboxylic acids is 1. The molecule has 0 unspecified atom stereocenters. The summed E-state index contributed by atoms with van der Waals surface area (Å²) in [6, 6.07) is 25.1. The largest absolute Gasteiger partial charge is 0.491 e. The fourth-order valence-corrected chi connectivity index (χ4v) is 6.46. The van der Waals surface area contributed by atoms with Crippen LogP contribution in [0.3, 0.4) is 0 Å². The van der Waals surface area contributed by atoms with Crippen LogP contribution in [0.2, 0.25) is 0 Å². The van der Waals surface area contributed by atoms with Crippen LogP contribution in [0.4, 0.5) is 4.79 Å². The zero-order valence-electron chi connectivity index (χ0n) is 33.4. The van der Waals surface area contributed by atoms with Gasteiger partial charge in [-0.2, -0.15) is 0 Å². The van der Waals surface area contributed by atoms with Crippen molar-refractivity contribution in [3.05, 3.63) is 89.5 Å². The number of hydrogen-bond donors (Lipinski definition) is 0. The molecular weight excluding hydrogens is 698 g/mol. The molecule has 0 atom stereocenters. The Kier molecular flexibility index (Phi) is 22.5. The van der Waals surface area contributed by atoms with Crippen molar-refractivity contribution in [2.24, 2.45) is 0 Å². The van der Waals surface area contributed by atoms with E-state index in [1.165, 1.54) is 72.8 Å². The second-order valence-electron chi connectivity index (χ2n) is 13.8. The molecule has 0 saturated carbocycles. The van der Waals surface area contributed by atoms with E-state index in [2.05, 4.69) is 55.5 Å². The van der Waals surface area contributed by atoms with Crippen LogP contribution in [0, 0.1) is 0 Å². The van der Waals surface area contributed by atoms with Gasteiger partial charge in [0.2, 0.25) is 0 Å². The van der Waals surface area contributed by atoms with E-state index >= 15 is 0 Å². The fourth-order valence-electron chi connectivity index (χ4n) is 6.46. The molecule has 0 fully saturated rings. The molecule has 3 aromatic carbocycles. The highest BCUT2D eigenvalue weighted by Crippen LogP contribution is 2.44. The molecule has 1 aliphatic carbocycles. The third kappa shape index (κ3) is 17.4. The number of unbranched alkanes of at least 4 members (excludes halogenated alkanes) is 6.